The molecule has 0 aliphatic rings. The van der Waals surface area contributed by atoms with Gasteiger partial charge in [0, 0.05) is 41.6 Å². The average molecular weight is 580 g/mol. The summed E-state index contributed by atoms with van der Waals surface area (Å²) in [5.41, 5.74) is 10.00. The highest BCUT2D eigenvalue weighted by atomic mass is 15.0. The van der Waals surface area contributed by atoms with Crippen LogP contribution in [0, 0.1) is 0 Å². The number of benzene rings is 4. The number of para-hydroxylation sites is 2. The van der Waals surface area contributed by atoms with E-state index in [1.165, 1.54) is 50.0 Å². The summed E-state index contributed by atoms with van der Waals surface area (Å²) < 4.78 is 6.55. The molecule has 45 heavy (non-hydrogen) atoms. The highest BCUT2D eigenvalue weighted by Crippen LogP contribution is 2.25. The van der Waals surface area contributed by atoms with Crippen LogP contribution in [0.4, 0.5) is 0 Å². The number of rotatable bonds is 3. The Bertz CT molecular complexity index is 2000. The Morgan fingerprint density at radius 2 is 0.978 bits per heavy atom. The van der Waals surface area contributed by atoms with E-state index in [0.717, 1.165) is 0 Å². The predicted molar refractivity (Wildman–Crippen MR) is 189 cm³/mol. The van der Waals surface area contributed by atoms with Crippen molar-refractivity contribution in [1.29, 1.82) is 0 Å². The van der Waals surface area contributed by atoms with Crippen LogP contribution < -0.4 is 0 Å². The van der Waals surface area contributed by atoms with E-state index in [9.17, 15) is 0 Å². The van der Waals surface area contributed by atoms with E-state index < -0.39 is 0 Å². The standard InChI is InChI=1S/3C14H11N/c1-2-7-13(8-3-1)15-11-10-12-6-4-5-9-14(12)15;1-2-6-12(7-3-1)14-10-9-13-8-4-5-11-15(13)14;1-2-6-12(7-3-1)13-9-11-15-10-5-4-8-14(13)15/h3*1-11H. The molecular weight excluding hydrogens is 546 g/mol. The molecule has 0 spiro atoms. The van der Waals surface area contributed by atoms with Crippen molar-refractivity contribution in [2.75, 3.05) is 0 Å². The molecule has 9 aromatic rings. The Morgan fingerprint density at radius 1 is 0.356 bits per heavy atom. The van der Waals surface area contributed by atoms with E-state index in [4.69, 9.17) is 0 Å². The zero-order chi connectivity index (χ0) is 30.3. The molecule has 5 heterocycles. The van der Waals surface area contributed by atoms with Gasteiger partial charge in [0.15, 0.2) is 0 Å². The molecule has 0 aliphatic carbocycles. The summed E-state index contributed by atoms with van der Waals surface area (Å²) >= 11 is 0. The third-order valence-electron chi connectivity index (χ3n) is 7.92. The molecule has 3 heteroatoms. The summed E-state index contributed by atoms with van der Waals surface area (Å²) in [5, 5.41) is 1.28. The lowest BCUT2D eigenvalue weighted by Crippen LogP contribution is -1.89. The fraction of sp³-hybridized carbons (Fsp3) is 0. The minimum Gasteiger partial charge on any atom is -0.323 e. The average Bonchev–Trinajstić information content (AvgIpc) is 3.87. The van der Waals surface area contributed by atoms with Gasteiger partial charge < -0.3 is 13.4 Å². The van der Waals surface area contributed by atoms with Crippen molar-refractivity contribution < 1.29 is 0 Å². The summed E-state index contributed by atoms with van der Waals surface area (Å²) in [5.74, 6) is 0. The number of hydrogen-bond donors (Lipinski definition) is 0. The normalized spacial score (nSPS) is 10.7. The summed E-state index contributed by atoms with van der Waals surface area (Å²) in [6, 6.07) is 60.8. The monoisotopic (exact) mass is 579 g/mol. The van der Waals surface area contributed by atoms with Crippen LogP contribution in [0.5, 0.6) is 0 Å². The molecule has 0 aliphatic heterocycles. The largest absolute Gasteiger partial charge is 0.323 e. The highest BCUT2D eigenvalue weighted by Gasteiger charge is 2.04. The Kier molecular flexibility index (Phi) is 8.06. The number of aromatic nitrogens is 3. The van der Waals surface area contributed by atoms with E-state index in [0.29, 0.717) is 0 Å². The summed E-state index contributed by atoms with van der Waals surface area (Å²) in [7, 11) is 0. The first-order chi connectivity index (χ1) is 22.3. The van der Waals surface area contributed by atoms with Gasteiger partial charge in [-0.3, -0.25) is 0 Å². The minimum atomic E-state index is 1.21. The fourth-order valence-electron chi connectivity index (χ4n) is 5.71. The second-order valence-electron chi connectivity index (χ2n) is 10.7. The highest BCUT2D eigenvalue weighted by molar-refractivity contribution is 5.82. The van der Waals surface area contributed by atoms with Crippen molar-refractivity contribution >= 4 is 21.9 Å². The minimum absolute atomic E-state index is 1.21. The van der Waals surface area contributed by atoms with Crippen LogP contribution in [0.1, 0.15) is 0 Å². The Labute approximate surface area is 263 Å². The first kappa shape index (κ1) is 27.8. The topological polar surface area (TPSA) is 13.8 Å². The number of fused-ring (bicyclic) bond motifs is 3. The third kappa shape index (κ3) is 6.06. The Hall–Kier alpha value is -6.06. The molecule has 0 N–H and O–H groups in total. The molecule has 0 saturated heterocycles. The number of hydrogen-bond acceptors (Lipinski definition) is 0. The summed E-state index contributed by atoms with van der Waals surface area (Å²) in [6.07, 6.45) is 8.37. The summed E-state index contributed by atoms with van der Waals surface area (Å²) in [4.78, 5) is 0. The zero-order valence-electron chi connectivity index (χ0n) is 24.9. The molecule has 0 amide bonds. The Morgan fingerprint density at radius 3 is 1.78 bits per heavy atom. The Balaban J connectivity index is 0.000000108. The van der Waals surface area contributed by atoms with E-state index in [1.54, 1.807) is 0 Å². The van der Waals surface area contributed by atoms with Crippen molar-refractivity contribution in [1.82, 2.24) is 13.4 Å². The maximum absolute atomic E-state index is 2.20. The molecule has 5 aromatic heterocycles. The van der Waals surface area contributed by atoms with Gasteiger partial charge in [-0.25, -0.2) is 0 Å². The molecule has 0 saturated carbocycles. The molecule has 4 aromatic carbocycles. The third-order valence-corrected chi connectivity index (χ3v) is 7.92. The van der Waals surface area contributed by atoms with Crippen LogP contribution in [0.25, 0.3) is 50.0 Å². The van der Waals surface area contributed by atoms with Gasteiger partial charge in [0.1, 0.15) is 0 Å². The smallest absolute Gasteiger partial charge is 0.0528 e. The molecule has 0 unspecified atom stereocenters. The lowest BCUT2D eigenvalue weighted by molar-refractivity contribution is 1.13. The van der Waals surface area contributed by atoms with Crippen molar-refractivity contribution in [2.24, 2.45) is 0 Å². The summed E-state index contributed by atoms with van der Waals surface area (Å²) in [6.45, 7) is 0. The molecule has 9 rings (SSSR count). The van der Waals surface area contributed by atoms with E-state index in [-0.39, 0.29) is 0 Å². The van der Waals surface area contributed by atoms with Crippen LogP contribution in [0.15, 0.2) is 201 Å². The van der Waals surface area contributed by atoms with Gasteiger partial charge in [-0.2, -0.15) is 0 Å². The maximum Gasteiger partial charge on any atom is 0.0528 e. The lowest BCUT2D eigenvalue weighted by atomic mass is 10.1. The van der Waals surface area contributed by atoms with Crippen molar-refractivity contribution in [3.63, 3.8) is 0 Å². The molecule has 0 atom stereocenters. The first-order valence-electron chi connectivity index (χ1n) is 15.2. The SMILES string of the molecule is c1ccc(-c2ccc3ccccn23)cc1.c1ccc(-c2ccn3ccccc23)cc1.c1ccc(-n2ccc3ccccc32)cc1. The van der Waals surface area contributed by atoms with Gasteiger partial charge in [0.2, 0.25) is 0 Å². The molecule has 3 nitrogen and oxygen atoms in total. The van der Waals surface area contributed by atoms with Crippen molar-refractivity contribution in [3.8, 4) is 28.1 Å². The van der Waals surface area contributed by atoms with E-state index >= 15 is 0 Å². The van der Waals surface area contributed by atoms with Gasteiger partial charge in [-0.1, -0.05) is 109 Å². The van der Waals surface area contributed by atoms with Gasteiger partial charge in [-0.05, 0) is 83.2 Å². The molecule has 216 valence electrons. The van der Waals surface area contributed by atoms with Crippen LogP contribution in [-0.4, -0.2) is 13.4 Å². The van der Waals surface area contributed by atoms with Crippen molar-refractivity contribution in [2.45, 2.75) is 0 Å². The zero-order valence-corrected chi connectivity index (χ0v) is 24.9. The quantitative estimate of drug-likeness (QED) is 0.198. The fourth-order valence-corrected chi connectivity index (χ4v) is 5.71. The second-order valence-corrected chi connectivity index (χ2v) is 10.7. The van der Waals surface area contributed by atoms with Gasteiger partial charge in [-0.15, -0.1) is 0 Å². The van der Waals surface area contributed by atoms with Crippen LogP contribution >= 0.6 is 0 Å². The number of pyridine rings is 2. The predicted octanol–water partition coefficient (Wildman–Crippen LogP) is 10.8. The molecular formula is C42H33N3. The maximum atomic E-state index is 2.20. The van der Waals surface area contributed by atoms with Crippen LogP contribution in [-0.2, 0) is 0 Å². The first-order valence-corrected chi connectivity index (χ1v) is 15.2. The van der Waals surface area contributed by atoms with E-state index in [1.807, 2.05) is 24.3 Å². The molecule has 0 fully saturated rings. The van der Waals surface area contributed by atoms with Gasteiger partial charge in [0.05, 0.1) is 16.7 Å². The van der Waals surface area contributed by atoms with Gasteiger partial charge in [0.25, 0.3) is 0 Å². The number of nitrogens with zero attached hydrogens (tertiary/aromatic N) is 3. The van der Waals surface area contributed by atoms with Gasteiger partial charge >= 0.3 is 0 Å². The van der Waals surface area contributed by atoms with E-state index in [2.05, 4.69) is 190 Å². The molecule has 0 radical (unpaired) electrons. The van der Waals surface area contributed by atoms with Crippen molar-refractivity contribution in [3.05, 3.63) is 201 Å². The lowest BCUT2D eigenvalue weighted by Gasteiger charge is -2.04. The van der Waals surface area contributed by atoms with Crippen LogP contribution in [0.3, 0.4) is 0 Å². The van der Waals surface area contributed by atoms with Crippen LogP contribution in [0.2, 0.25) is 0 Å². The second kappa shape index (κ2) is 13.1. The molecule has 0 bridgehead atoms.